The highest BCUT2D eigenvalue weighted by atomic mass is 16.3. The van der Waals surface area contributed by atoms with E-state index in [0.717, 1.165) is 13.1 Å². The van der Waals surface area contributed by atoms with Crippen LogP contribution in [0.4, 0.5) is 0 Å². The van der Waals surface area contributed by atoms with Crippen LogP contribution in [0.5, 0.6) is 0 Å². The minimum atomic E-state index is 0.264. The van der Waals surface area contributed by atoms with Crippen molar-refractivity contribution in [2.75, 3.05) is 19.7 Å². The minimum Gasteiger partial charge on any atom is -0.396 e. The lowest BCUT2D eigenvalue weighted by molar-refractivity contribution is 0.226. The van der Waals surface area contributed by atoms with E-state index >= 15 is 0 Å². The van der Waals surface area contributed by atoms with Gasteiger partial charge in [0.25, 0.3) is 0 Å². The number of rotatable bonds is 2. The fraction of sp³-hybridized carbons (Fsp3) is 0.500. The van der Waals surface area contributed by atoms with E-state index in [2.05, 4.69) is 10.3 Å². The Hall–Kier alpha value is -0.930. The predicted octanol–water partition coefficient (Wildman–Crippen LogP) is 0.377. The summed E-state index contributed by atoms with van der Waals surface area (Å²) in [5, 5.41) is 12.4. The number of aromatic nitrogens is 1. The van der Waals surface area contributed by atoms with Crippen LogP contribution in [-0.2, 0) is 0 Å². The third kappa shape index (κ3) is 1.71. The molecule has 3 heteroatoms. The number of hydrogen-bond acceptors (Lipinski definition) is 3. The zero-order valence-corrected chi connectivity index (χ0v) is 7.48. The highest BCUT2D eigenvalue weighted by molar-refractivity contribution is 5.19. The second-order valence-electron chi connectivity index (χ2n) is 3.49. The zero-order valence-electron chi connectivity index (χ0n) is 7.48. The number of aliphatic hydroxyl groups excluding tert-OH is 1. The smallest absolute Gasteiger partial charge is 0.0477 e. The van der Waals surface area contributed by atoms with Gasteiger partial charge in [0.1, 0.15) is 0 Å². The summed E-state index contributed by atoms with van der Waals surface area (Å²) in [5.41, 5.74) is 1.28. The summed E-state index contributed by atoms with van der Waals surface area (Å²) < 4.78 is 0. The fourth-order valence-electron chi connectivity index (χ4n) is 1.93. The summed E-state index contributed by atoms with van der Waals surface area (Å²) in [6.45, 7) is 2.15. The highest BCUT2D eigenvalue weighted by Gasteiger charge is 2.27. The van der Waals surface area contributed by atoms with Gasteiger partial charge in [-0.3, -0.25) is 4.98 Å². The molecule has 1 aliphatic rings. The molecule has 2 heterocycles. The van der Waals surface area contributed by atoms with Gasteiger partial charge in [0.2, 0.25) is 0 Å². The van der Waals surface area contributed by atoms with Crippen molar-refractivity contribution in [3.63, 3.8) is 0 Å². The van der Waals surface area contributed by atoms with E-state index in [1.54, 1.807) is 0 Å². The van der Waals surface area contributed by atoms with Gasteiger partial charge in [-0.05, 0) is 17.7 Å². The van der Waals surface area contributed by atoms with Gasteiger partial charge < -0.3 is 10.4 Å². The van der Waals surface area contributed by atoms with E-state index in [4.69, 9.17) is 5.11 Å². The third-order valence-corrected chi connectivity index (χ3v) is 2.71. The number of hydrogen-bond donors (Lipinski definition) is 2. The molecule has 1 aromatic heterocycles. The van der Waals surface area contributed by atoms with E-state index in [1.807, 2.05) is 24.5 Å². The van der Waals surface area contributed by atoms with Gasteiger partial charge in [-0.25, -0.2) is 0 Å². The zero-order chi connectivity index (χ0) is 9.10. The van der Waals surface area contributed by atoms with Crippen molar-refractivity contribution in [1.29, 1.82) is 0 Å². The maximum atomic E-state index is 9.14. The number of nitrogens with zero attached hydrogens (tertiary/aromatic N) is 1. The average Bonchev–Trinajstić information content (AvgIpc) is 2.67. The number of pyridine rings is 1. The Balaban J connectivity index is 2.16. The van der Waals surface area contributed by atoms with Gasteiger partial charge in [0.05, 0.1) is 0 Å². The van der Waals surface area contributed by atoms with Crippen LogP contribution in [0.15, 0.2) is 24.5 Å². The van der Waals surface area contributed by atoms with Crippen molar-refractivity contribution in [2.24, 2.45) is 5.92 Å². The molecule has 2 atom stereocenters. The van der Waals surface area contributed by atoms with Crippen LogP contribution in [-0.4, -0.2) is 29.8 Å². The molecule has 2 N–H and O–H groups in total. The van der Waals surface area contributed by atoms with Crippen molar-refractivity contribution < 1.29 is 5.11 Å². The fourth-order valence-corrected chi connectivity index (χ4v) is 1.93. The second-order valence-corrected chi connectivity index (χ2v) is 3.49. The van der Waals surface area contributed by atoms with Crippen molar-refractivity contribution in [1.82, 2.24) is 10.3 Å². The van der Waals surface area contributed by atoms with Crippen LogP contribution in [0.1, 0.15) is 11.5 Å². The number of aliphatic hydroxyl groups is 1. The Labute approximate surface area is 77.8 Å². The minimum absolute atomic E-state index is 0.264. The molecule has 1 saturated heterocycles. The first-order valence-electron chi connectivity index (χ1n) is 4.63. The summed E-state index contributed by atoms with van der Waals surface area (Å²) in [6, 6.07) is 4.06. The van der Waals surface area contributed by atoms with E-state index in [1.165, 1.54) is 5.56 Å². The standard InChI is InChI=1S/C10H14N2O/c13-7-9-5-12-6-10(9)8-1-3-11-4-2-8/h1-4,9-10,12-13H,5-7H2/t9-,10-/m0/s1. The van der Waals surface area contributed by atoms with Crippen LogP contribution in [0.2, 0.25) is 0 Å². The maximum absolute atomic E-state index is 9.14. The van der Waals surface area contributed by atoms with Gasteiger partial charge in [-0.2, -0.15) is 0 Å². The van der Waals surface area contributed by atoms with Gasteiger partial charge in [-0.1, -0.05) is 0 Å². The highest BCUT2D eigenvalue weighted by Crippen LogP contribution is 2.26. The first-order valence-corrected chi connectivity index (χ1v) is 4.63. The molecule has 0 spiro atoms. The Morgan fingerprint density at radius 1 is 1.38 bits per heavy atom. The van der Waals surface area contributed by atoms with Crippen molar-refractivity contribution >= 4 is 0 Å². The third-order valence-electron chi connectivity index (χ3n) is 2.71. The molecule has 0 aliphatic carbocycles. The Morgan fingerprint density at radius 3 is 2.85 bits per heavy atom. The van der Waals surface area contributed by atoms with Crippen LogP contribution in [0, 0.1) is 5.92 Å². The van der Waals surface area contributed by atoms with E-state index in [9.17, 15) is 0 Å². The van der Waals surface area contributed by atoms with Crippen molar-refractivity contribution in [3.8, 4) is 0 Å². The number of nitrogens with one attached hydrogen (secondary N) is 1. The summed E-state index contributed by atoms with van der Waals surface area (Å²) in [5.74, 6) is 0.815. The van der Waals surface area contributed by atoms with E-state index in [0.29, 0.717) is 11.8 Å². The molecule has 2 rings (SSSR count). The maximum Gasteiger partial charge on any atom is 0.0477 e. The molecule has 3 nitrogen and oxygen atoms in total. The van der Waals surface area contributed by atoms with Crippen molar-refractivity contribution in [2.45, 2.75) is 5.92 Å². The second kappa shape index (κ2) is 3.85. The Morgan fingerprint density at radius 2 is 2.15 bits per heavy atom. The summed E-state index contributed by atoms with van der Waals surface area (Å²) in [4.78, 5) is 3.98. The molecule has 1 aromatic rings. The van der Waals surface area contributed by atoms with Gasteiger partial charge in [-0.15, -0.1) is 0 Å². The molecule has 0 saturated carbocycles. The molecule has 1 aliphatic heterocycles. The first kappa shape index (κ1) is 8.66. The molecular formula is C10H14N2O. The lowest BCUT2D eigenvalue weighted by Crippen LogP contribution is -2.14. The molecule has 0 aromatic carbocycles. The van der Waals surface area contributed by atoms with E-state index in [-0.39, 0.29) is 6.61 Å². The molecule has 0 unspecified atom stereocenters. The predicted molar refractivity (Wildman–Crippen MR) is 50.4 cm³/mol. The van der Waals surface area contributed by atoms with Gasteiger partial charge in [0, 0.05) is 43.9 Å². The molecular weight excluding hydrogens is 164 g/mol. The molecule has 70 valence electrons. The largest absolute Gasteiger partial charge is 0.396 e. The lowest BCUT2D eigenvalue weighted by atomic mass is 9.90. The molecule has 1 fully saturated rings. The summed E-state index contributed by atoms with van der Waals surface area (Å²) in [7, 11) is 0. The summed E-state index contributed by atoms with van der Waals surface area (Å²) >= 11 is 0. The summed E-state index contributed by atoms with van der Waals surface area (Å²) in [6.07, 6.45) is 3.62. The molecule has 0 bridgehead atoms. The Kier molecular flexibility index (Phi) is 2.57. The topological polar surface area (TPSA) is 45.1 Å². The SMILES string of the molecule is OC[C@@H]1CNC[C@H]1c1ccncc1. The van der Waals surface area contributed by atoms with Crippen LogP contribution < -0.4 is 5.32 Å². The van der Waals surface area contributed by atoms with Crippen LogP contribution in [0.25, 0.3) is 0 Å². The monoisotopic (exact) mass is 178 g/mol. The van der Waals surface area contributed by atoms with Crippen LogP contribution >= 0.6 is 0 Å². The van der Waals surface area contributed by atoms with Crippen LogP contribution in [0.3, 0.4) is 0 Å². The Bertz CT molecular complexity index is 263. The van der Waals surface area contributed by atoms with Gasteiger partial charge in [0.15, 0.2) is 0 Å². The van der Waals surface area contributed by atoms with E-state index < -0.39 is 0 Å². The molecule has 0 radical (unpaired) electrons. The average molecular weight is 178 g/mol. The van der Waals surface area contributed by atoms with Gasteiger partial charge >= 0.3 is 0 Å². The first-order chi connectivity index (χ1) is 6.42. The quantitative estimate of drug-likeness (QED) is 0.688. The van der Waals surface area contributed by atoms with Crippen molar-refractivity contribution in [3.05, 3.63) is 30.1 Å². The molecule has 0 amide bonds. The normalized spacial score (nSPS) is 27.8. The molecule has 13 heavy (non-hydrogen) atoms. The lowest BCUT2D eigenvalue weighted by Gasteiger charge is -2.15.